The van der Waals surface area contributed by atoms with E-state index in [2.05, 4.69) is 10.2 Å². The second-order valence-corrected chi connectivity index (χ2v) is 5.38. The van der Waals surface area contributed by atoms with E-state index in [9.17, 15) is 10.1 Å². The molecule has 0 aliphatic rings. The van der Waals surface area contributed by atoms with Crippen molar-refractivity contribution in [2.24, 2.45) is 0 Å². The molecule has 0 aliphatic carbocycles. The predicted octanol–water partition coefficient (Wildman–Crippen LogP) is 4.82. The quantitative estimate of drug-likeness (QED) is 0.380. The summed E-state index contributed by atoms with van der Waals surface area (Å²) in [6.45, 7) is 0. The fraction of sp³-hybridized carbons (Fsp3) is 0. The van der Waals surface area contributed by atoms with E-state index in [0.717, 1.165) is 0 Å². The molecule has 25 heavy (non-hydrogen) atoms. The smallest absolute Gasteiger partial charge is 0.284 e. The second kappa shape index (κ2) is 5.91. The van der Waals surface area contributed by atoms with Crippen LogP contribution in [0.15, 0.2) is 62.0 Å². The largest absolute Gasteiger partial charge is 0.459 e. The number of halogens is 1. The number of nitro groups is 1. The maximum Gasteiger partial charge on any atom is 0.284 e. The van der Waals surface area contributed by atoms with Gasteiger partial charge in [-0.15, -0.1) is 10.2 Å². The summed E-state index contributed by atoms with van der Waals surface area (Å²) in [5, 5.41) is 18.8. The summed E-state index contributed by atoms with van der Waals surface area (Å²) in [5.74, 6) is 1.62. The van der Waals surface area contributed by atoms with Crippen LogP contribution < -0.4 is 0 Å². The molecule has 4 rings (SSSR count). The molecule has 3 aromatic heterocycles. The molecular weight excluding hydrogens is 350 g/mol. The Hall–Kier alpha value is -3.39. The molecule has 0 atom stereocenters. The van der Waals surface area contributed by atoms with Gasteiger partial charge in [-0.1, -0.05) is 11.6 Å². The summed E-state index contributed by atoms with van der Waals surface area (Å²) < 4.78 is 16.4. The minimum Gasteiger partial charge on any atom is -0.459 e. The Kier molecular flexibility index (Phi) is 3.58. The number of hydrogen-bond donors (Lipinski definition) is 0. The fourth-order valence-electron chi connectivity index (χ4n) is 2.24. The van der Waals surface area contributed by atoms with Gasteiger partial charge in [-0.2, -0.15) is 0 Å². The third kappa shape index (κ3) is 2.79. The average Bonchev–Trinajstić information content (AvgIpc) is 3.34. The number of non-ortho nitro benzene ring substituents is 1. The van der Waals surface area contributed by atoms with Crippen molar-refractivity contribution in [1.29, 1.82) is 0 Å². The topological polar surface area (TPSA) is 108 Å². The van der Waals surface area contributed by atoms with Gasteiger partial charge >= 0.3 is 0 Å². The Morgan fingerprint density at radius 3 is 2.40 bits per heavy atom. The number of hydrogen-bond acceptors (Lipinski definition) is 7. The third-order valence-corrected chi connectivity index (χ3v) is 3.72. The van der Waals surface area contributed by atoms with Crippen LogP contribution in [0.5, 0.6) is 0 Å². The van der Waals surface area contributed by atoms with Crippen LogP contribution in [0.3, 0.4) is 0 Å². The zero-order valence-corrected chi connectivity index (χ0v) is 13.1. The van der Waals surface area contributed by atoms with Crippen LogP contribution in [-0.2, 0) is 0 Å². The molecule has 0 unspecified atom stereocenters. The van der Waals surface area contributed by atoms with Crippen LogP contribution >= 0.6 is 11.6 Å². The van der Waals surface area contributed by atoms with Gasteiger partial charge in [-0.05, 0) is 30.3 Å². The zero-order chi connectivity index (χ0) is 17.4. The lowest BCUT2D eigenvalue weighted by molar-refractivity contribution is -0.384. The molecule has 3 heterocycles. The highest BCUT2D eigenvalue weighted by atomic mass is 35.5. The molecule has 0 saturated heterocycles. The molecule has 124 valence electrons. The molecular formula is C16H8ClN3O5. The van der Waals surface area contributed by atoms with Crippen molar-refractivity contribution < 1.29 is 18.2 Å². The van der Waals surface area contributed by atoms with Crippen LogP contribution in [0.4, 0.5) is 5.69 Å². The van der Waals surface area contributed by atoms with Crippen LogP contribution in [0, 0.1) is 10.1 Å². The van der Waals surface area contributed by atoms with Crippen LogP contribution in [0.25, 0.3) is 34.6 Å². The van der Waals surface area contributed by atoms with E-state index in [4.69, 9.17) is 24.9 Å². The molecule has 0 amide bonds. The first-order chi connectivity index (χ1) is 12.1. The van der Waals surface area contributed by atoms with E-state index >= 15 is 0 Å². The van der Waals surface area contributed by atoms with E-state index in [-0.39, 0.29) is 22.5 Å². The van der Waals surface area contributed by atoms with Gasteiger partial charge in [0.25, 0.3) is 17.5 Å². The Bertz CT molecular complexity index is 1050. The first kappa shape index (κ1) is 15.2. The van der Waals surface area contributed by atoms with Crippen LogP contribution in [0.1, 0.15) is 0 Å². The van der Waals surface area contributed by atoms with Crippen molar-refractivity contribution in [2.45, 2.75) is 0 Å². The second-order valence-electron chi connectivity index (χ2n) is 4.97. The molecule has 0 fully saturated rings. The highest BCUT2D eigenvalue weighted by Crippen LogP contribution is 2.34. The minimum absolute atomic E-state index is 0.0967. The summed E-state index contributed by atoms with van der Waals surface area (Å²) in [7, 11) is 0. The lowest BCUT2D eigenvalue weighted by atomic mass is 10.1. The lowest BCUT2D eigenvalue weighted by Gasteiger charge is -2.00. The maximum atomic E-state index is 10.8. The monoisotopic (exact) mass is 357 g/mol. The summed E-state index contributed by atoms with van der Waals surface area (Å²) in [6.07, 6.45) is 1.50. The van der Waals surface area contributed by atoms with E-state index < -0.39 is 4.92 Å². The van der Waals surface area contributed by atoms with Crippen molar-refractivity contribution in [1.82, 2.24) is 10.2 Å². The molecule has 0 N–H and O–H groups in total. The van der Waals surface area contributed by atoms with E-state index in [1.165, 1.54) is 24.5 Å². The van der Waals surface area contributed by atoms with Gasteiger partial charge in [-0.25, -0.2) is 0 Å². The molecule has 0 aliphatic heterocycles. The van der Waals surface area contributed by atoms with Crippen molar-refractivity contribution in [3.63, 3.8) is 0 Å². The van der Waals surface area contributed by atoms with Crippen LogP contribution in [-0.4, -0.2) is 15.1 Å². The number of benzene rings is 1. The summed E-state index contributed by atoms with van der Waals surface area (Å²) in [5.41, 5.74) is 0.421. The Balaban J connectivity index is 1.66. The molecule has 4 aromatic rings. The summed E-state index contributed by atoms with van der Waals surface area (Å²) in [4.78, 5) is 10.3. The maximum absolute atomic E-state index is 10.8. The first-order valence-electron chi connectivity index (χ1n) is 7.04. The van der Waals surface area contributed by atoms with Gasteiger partial charge < -0.3 is 13.3 Å². The Morgan fingerprint density at radius 1 is 0.960 bits per heavy atom. The van der Waals surface area contributed by atoms with E-state index in [1.54, 1.807) is 24.3 Å². The van der Waals surface area contributed by atoms with E-state index in [1.807, 2.05) is 0 Å². The number of nitrogens with zero attached hydrogens (tertiary/aromatic N) is 3. The number of aromatic nitrogens is 2. The van der Waals surface area contributed by atoms with Crippen molar-refractivity contribution in [3.8, 4) is 34.6 Å². The molecule has 0 bridgehead atoms. The van der Waals surface area contributed by atoms with Crippen molar-refractivity contribution in [2.75, 3.05) is 0 Å². The molecule has 0 saturated carbocycles. The number of rotatable bonds is 4. The summed E-state index contributed by atoms with van der Waals surface area (Å²) >= 11 is 6.11. The highest BCUT2D eigenvalue weighted by Gasteiger charge is 2.18. The SMILES string of the molecule is O=[N+]([O-])c1ccc(-c2ccc(-c3nnc(-c4ccco4)o3)o2)c(Cl)c1. The standard InChI is InChI=1S/C16H8ClN3O5/c17-11-8-9(20(21)22)3-4-10(11)12-5-6-14(24-12)16-19-18-15(25-16)13-2-1-7-23-13/h1-8H. The van der Waals surface area contributed by atoms with Crippen molar-refractivity contribution >= 4 is 17.3 Å². The molecule has 9 heteroatoms. The highest BCUT2D eigenvalue weighted by molar-refractivity contribution is 6.33. The molecule has 0 radical (unpaired) electrons. The van der Waals surface area contributed by atoms with Gasteiger partial charge in [0.1, 0.15) is 5.76 Å². The zero-order valence-electron chi connectivity index (χ0n) is 12.4. The molecule has 1 aromatic carbocycles. The van der Waals surface area contributed by atoms with Gasteiger partial charge in [0, 0.05) is 17.7 Å². The minimum atomic E-state index is -0.516. The average molecular weight is 358 g/mol. The van der Waals surface area contributed by atoms with Gasteiger partial charge in [0.2, 0.25) is 0 Å². The van der Waals surface area contributed by atoms with Gasteiger partial charge in [0.05, 0.1) is 16.2 Å². The number of furan rings is 2. The fourth-order valence-corrected chi connectivity index (χ4v) is 2.51. The lowest BCUT2D eigenvalue weighted by Crippen LogP contribution is -1.88. The normalized spacial score (nSPS) is 10.9. The Morgan fingerprint density at radius 2 is 1.72 bits per heavy atom. The number of nitro benzene ring substituents is 1. The first-order valence-corrected chi connectivity index (χ1v) is 7.41. The van der Waals surface area contributed by atoms with Crippen LogP contribution in [0.2, 0.25) is 5.02 Å². The van der Waals surface area contributed by atoms with Gasteiger partial charge in [-0.3, -0.25) is 10.1 Å². The van der Waals surface area contributed by atoms with Gasteiger partial charge in [0.15, 0.2) is 11.5 Å². The predicted molar refractivity (Wildman–Crippen MR) is 86.8 cm³/mol. The Labute approximate surface area is 144 Å². The molecule has 0 spiro atoms. The van der Waals surface area contributed by atoms with Crippen molar-refractivity contribution in [3.05, 3.63) is 63.9 Å². The molecule has 8 nitrogen and oxygen atoms in total. The third-order valence-electron chi connectivity index (χ3n) is 3.40. The summed E-state index contributed by atoms with van der Waals surface area (Å²) in [6, 6.07) is 10.9. The van der Waals surface area contributed by atoms with E-state index in [0.29, 0.717) is 22.8 Å².